The molecule has 2 aromatic rings. The van der Waals surface area contributed by atoms with Crippen LogP contribution < -0.4 is 10.1 Å². The second-order valence-corrected chi connectivity index (χ2v) is 5.89. The number of aromatic nitrogens is 1. The highest BCUT2D eigenvalue weighted by atomic mass is 35.5. The van der Waals surface area contributed by atoms with Crippen molar-refractivity contribution in [3.05, 3.63) is 58.5 Å². The molecule has 1 N–H and O–H groups in total. The summed E-state index contributed by atoms with van der Waals surface area (Å²) >= 11 is 5.74. The summed E-state index contributed by atoms with van der Waals surface area (Å²) in [5.41, 5.74) is 1.52. The number of piperidine rings is 1. The van der Waals surface area contributed by atoms with Crippen molar-refractivity contribution < 1.29 is 9.13 Å². The largest absolute Gasteiger partial charge is 0.473 e. The summed E-state index contributed by atoms with van der Waals surface area (Å²) < 4.78 is 19.4. The molecular weight excluding hydrogens is 303 g/mol. The number of rotatable bonds is 4. The molecule has 22 heavy (non-hydrogen) atoms. The predicted molar refractivity (Wildman–Crippen MR) is 84.8 cm³/mol. The normalized spacial score (nSPS) is 15.7. The van der Waals surface area contributed by atoms with E-state index in [4.69, 9.17) is 16.3 Å². The first-order valence-electron chi connectivity index (χ1n) is 7.47. The van der Waals surface area contributed by atoms with E-state index in [2.05, 4.69) is 10.3 Å². The van der Waals surface area contributed by atoms with Crippen LogP contribution >= 0.6 is 11.6 Å². The number of halogens is 2. The Kier molecular flexibility index (Phi) is 4.90. The van der Waals surface area contributed by atoms with Gasteiger partial charge in [0.05, 0.1) is 0 Å². The highest BCUT2D eigenvalue weighted by Gasteiger charge is 2.16. The number of pyridine rings is 1. The third-order valence-electron chi connectivity index (χ3n) is 3.89. The molecule has 3 nitrogen and oxygen atoms in total. The van der Waals surface area contributed by atoms with E-state index in [1.165, 1.54) is 6.07 Å². The lowest BCUT2D eigenvalue weighted by Crippen LogP contribution is -2.27. The van der Waals surface area contributed by atoms with Crippen LogP contribution in [0.25, 0.3) is 0 Å². The van der Waals surface area contributed by atoms with Gasteiger partial charge < -0.3 is 10.1 Å². The van der Waals surface area contributed by atoms with E-state index in [0.29, 0.717) is 22.4 Å². The van der Waals surface area contributed by atoms with Crippen molar-refractivity contribution in [1.29, 1.82) is 0 Å². The molecule has 1 aromatic heterocycles. The number of hydrogen-bond acceptors (Lipinski definition) is 3. The van der Waals surface area contributed by atoms with Crippen molar-refractivity contribution in [3.8, 4) is 5.88 Å². The van der Waals surface area contributed by atoms with Crippen molar-refractivity contribution in [3.63, 3.8) is 0 Å². The Labute approximate surface area is 134 Å². The Morgan fingerprint density at radius 2 is 2.05 bits per heavy atom. The lowest BCUT2D eigenvalue weighted by molar-refractivity contribution is 0.286. The summed E-state index contributed by atoms with van der Waals surface area (Å²) in [5.74, 6) is 0.643. The second-order valence-electron chi connectivity index (χ2n) is 5.45. The van der Waals surface area contributed by atoms with Crippen molar-refractivity contribution in [1.82, 2.24) is 10.3 Å². The Hall–Kier alpha value is -1.65. The van der Waals surface area contributed by atoms with E-state index in [0.717, 1.165) is 31.6 Å². The van der Waals surface area contributed by atoms with Crippen LogP contribution in [0.1, 0.15) is 30.0 Å². The highest BCUT2D eigenvalue weighted by molar-refractivity contribution is 6.30. The predicted octanol–water partition coefficient (Wildman–Crippen LogP) is 3.92. The van der Waals surface area contributed by atoms with Gasteiger partial charge in [0.1, 0.15) is 12.4 Å². The Morgan fingerprint density at radius 3 is 2.82 bits per heavy atom. The van der Waals surface area contributed by atoms with Crippen LogP contribution in [0.2, 0.25) is 5.02 Å². The van der Waals surface area contributed by atoms with E-state index in [1.807, 2.05) is 12.1 Å². The number of nitrogens with one attached hydrogen (secondary N) is 1. The lowest BCUT2D eigenvalue weighted by Gasteiger charge is -2.22. The molecular formula is C17H18ClFN2O. The quantitative estimate of drug-likeness (QED) is 0.927. The maximum absolute atomic E-state index is 13.7. The molecule has 0 amide bonds. The maximum Gasteiger partial charge on any atom is 0.213 e. The van der Waals surface area contributed by atoms with Crippen LogP contribution in [0.5, 0.6) is 5.88 Å². The number of nitrogens with zero attached hydrogens (tertiary/aromatic N) is 1. The zero-order valence-corrected chi connectivity index (χ0v) is 12.9. The van der Waals surface area contributed by atoms with Gasteiger partial charge in [0.2, 0.25) is 5.88 Å². The summed E-state index contributed by atoms with van der Waals surface area (Å²) in [6, 6.07) is 10.4. The fourth-order valence-corrected chi connectivity index (χ4v) is 2.81. The molecule has 0 bridgehead atoms. The third kappa shape index (κ3) is 3.76. The minimum atomic E-state index is -0.359. The molecule has 1 aliphatic rings. The molecule has 5 heteroatoms. The number of hydrogen-bond donors (Lipinski definition) is 1. The van der Waals surface area contributed by atoms with E-state index in [-0.39, 0.29) is 12.4 Å². The molecule has 0 spiro atoms. The van der Waals surface area contributed by atoms with E-state index in [9.17, 15) is 4.39 Å². The molecule has 1 aromatic carbocycles. The molecule has 3 rings (SSSR count). The molecule has 1 aliphatic heterocycles. The third-order valence-corrected chi connectivity index (χ3v) is 4.13. The van der Waals surface area contributed by atoms with Crippen LogP contribution in [0.15, 0.2) is 36.4 Å². The first kappa shape index (κ1) is 15.3. The minimum Gasteiger partial charge on any atom is -0.473 e. The molecule has 1 fully saturated rings. The zero-order valence-electron chi connectivity index (χ0n) is 12.2. The molecule has 0 unspecified atom stereocenters. The van der Waals surface area contributed by atoms with E-state index >= 15 is 0 Å². The van der Waals surface area contributed by atoms with Gasteiger partial charge >= 0.3 is 0 Å². The zero-order chi connectivity index (χ0) is 15.4. The van der Waals surface area contributed by atoms with Gasteiger partial charge in [-0.25, -0.2) is 9.37 Å². The van der Waals surface area contributed by atoms with Gasteiger partial charge in [-0.1, -0.05) is 23.7 Å². The molecule has 116 valence electrons. The lowest BCUT2D eigenvalue weighted by atomic mass is 9.94. The molecule has 0 atom stereocenters. The molecule has 0 saturated carbocycles. The number of benzene rings is 1. The summed E-state index contributed by atoms with van der Waals surface area (Å²) in [6.45, 7) is 2.19. The van der Waals surface area contributed by atoms with Crippen molar-refractivity contribution >= 4 is 11.6 Å². The van der Waals surface area contributed by atoms with Crippen LogP contribution in [0, 0.1) is 5.82 Å². The smallest absolute Gasteiger partial charge is 0.213 e. The number of ether oxygens (including phenoxy) is 1. The SMILES string of the molecule is Fc1cc(Cl)ccc1COc1cccc(C2CCNCC2)n1. The molecule has 1 saturated heterocycles. The van der Waals surface area contributed by atoms with Crippen LogP contribution in [-0.4, -0.2) is 18.1 Å². The molecule has 0 radical (unpaired) electrons. The van der Waals surface area contributed by atoms with Crippen molar-refractivity contribution in [2.75, 3.05) is 13.1 Å². The van der Waals surface area contributed by atoms with Crippen LogP contribution in [0.4, 0.5) is 4.39 Å². The second kappa shape index (κ2) is 7.07. The summed E-state index contributed by atoms with van der Waals surface area (Å²) in [7, 11) is 0. The van der Waals surface area contributed by atoms with Gasteiger partial charge in [-0.15, -0.1) is 0 Å². The van der Waals surface area contributed by atoms with Gasteiger partial charge in [0, 0.05) is 28.3 Å². The van der Waals surface area contributed by atoms with Gasteiger partial charge in [-0.2, -0.15) is 0 Å². The van der Waals surface area contributed by atoms with Crippen LogP contribution in [0.3, 0.4) is 0 Å². The summed E-state index contributed by atoms with van der Waals surface area (Å²) in [4.78, 5) is 4.56. The minimum absolute atomic E-state index is 0.145. The fourth-order valence-electron chi connectivity index (χ4n) is 2.65. The standard InChI is InChI=1S/C17H18ClFN2O/c18-14-5-4-13(15(19)10-14)11-22-17-3-1-2-16(21-17)12-6-8-20-9-7-12/h1-5,10,12,20H,6-9,11H2. The van der Waals surface area contributed by atoms with Crippen LogP contribution in [-0.2, 0) is 6.61 Å². The summed E-state index contributed by atoms with van der Waals surface area (Å²) in [6.07, 6.45) is 2.17. The van der Waals surface area contributed by atoms with Crippen molar-refractivity contribution in [2.24, 2.45) is 0 Å². The Balaban J connectivity index is 1.67. The van der Waals surface area contributed by atoms with Gasteiger partial charge in [0.15, 0.2) is 0 Å². The Morgan fingerprint density at radius 1 is 1.23 bits per heavy atom. The first-order valence-corrected chi connectivity index (χ1v) is 7.84. The molecule has 2 heterocycles. The average molecular weight is 321 g/mol. The highest BCUT2D eigenvalue weighted by Crippen LogP contribution is 2.25. The van der Waals surface area contributed by atoms with Crippen molar-refractivity contribution in [2.45, 2.75) is 25.4 Å². The van der Waals surface area contributed by atoms with Gasteiger partial charge in [0.25, 0.3) is 0 Å². The monoisotopic (exact) mass is 320 g/mol. The molecule has 0 aliphatic carbocycles. The van der Waals surface area contributed by atoms with E-state index < -0.39 is 0 Å². The topological polar surface area (TPSA) is 34.1 Å². The van der Waals surface area contributed by atoms with E-state index in [1.54, 1.807) is 18.2 Å². The Bertz CT molecular complexity index is 644. The first-order chi connectivity index (χ1) is 10.7. The fraction of sp³-hybridized carbons (Fsp3) is 0.353. The summed E-state index contributed by atoms with van der Waals surface area (Å²) in [5, 5.41) is 3.73. The van der Waals surface area contributed by atoms with Gasteiger partial charge in [-0.3, -0.25) is 0 Å². The van der Waals surface area contributed by atoms with Gasteiger partial charge in [-0.05, 0) is 44.1 Å². The maximum atomic E-state index is 13.7. The average Bonchev–Trinajstić information content (AvgIpc) is 2.55.